The summed E-state index contributed by atoms with van der Waals surface area (Å²) in [6.45, 7) is 11.3. The van der Waals surface area contributed by atoms with E-state index in [0.717, 1.165) is 41.9 Å². The van der Waals surface area contributed by atoms with Gasteiger partial charge in [0.1, 0.15) is 0 Å². The van der Waals surface area contributed by atoms with Crippen LogP contribution in [0.1, 0.15) is 29.3 Å². The Morgan fingerprint density at radius 1 is 1.11 bits per heavy atom. The van der Waals surface area contributed by atoms with Gasteiger partial charge in [0.05, 0.1) is 17.6 Å². The van der Waals surface area contributed by atoms with E-state index >= 15 is 0 Å². The van der Waals surface area contributed by atoms with Gasteiger partial charge in [-0.1, -0.05) is 29.8 Å². The molecule has 0 bridgehead atoms. The van der Waals surface area contributed by atoms with Crippen molar-refractivity contribution in [2.45, 2.75) is 40.7 Å². The van der Waals surface area contributed by atoms with Gasteiger partial charge in [-0.15, -0.1) is 0 Å². The maximum Gasteiger partial charge on any atom is 0.307 e. The molecule has 1 aliphatic rings. The Morgan fingerprint density at radius 3 is 2.44 bits per heavy atom. The first-order valence-electron chi connectivity index (χ1n) is 9.61. The molecule has 4 nitrogen and oxygen atoms in total. The van der Waals surface area contributed by atoms with Gasteiger partial charge in [0.25, 0.3) is 0 Å². The number of carboxylic acids is 1. The summed E-state index contributed by atoms with van der Waals surface area (Å²) in [5, 5.41) is 10.8. The van der Waals surface area contributed by atoms with E-state index in [9.17, 15) is 9.90 Å². The number of anilines is 1. The zero-order valence-corrected chi connectivity index (χ0v) is 16.5. The Balaban J connectivity index is 2.14. The molecule has 27 heavy (non-hydrogen) atoms. The van der Waals surface area contributed by atoms with E-state index in [-0.39, 0.29) is 6.42 Å². The van der Waals surface area contributed by atoms with Crippen LogP contribution in [-0.2, 0) is 17.8 Å². The standard InChI is InChI=1S/C23H26N2O2/c1-5-24-10-11-25-15(3)12-19-21(17-8-6-14(2)7-9-17)18(13-20(26)27)16(4)22(24)23(19)25/h6-9,12H,5,10-11,13H2,1-4H3,(H,26,27). The fourth-order valence-electron chi connectivity index (χ4n) is 4.54. The molecule has 0 radical (unpaired) electrons. The van der Waals surface area contributed by atoms with Crippen molar-refractivity contribution in [1.29, 1.82) is 0 Å². The molecular weight excluding hydrogens is 336 g/mol. The number of likely N-dealkylation sites (N-methyl/N-ethyl adjacent to an activating group) is 1. The molecule has 0 spiro atoms. The Bertz CT molecular complexity index is 1040. The quantitative estimate of drug-likeness (QED) is 0.732. The van der Waals surface area contributed by atoms with Gasteiger partial charge < -0.3 is 14.6 Å². The second-order valence-corrected chi connectivity index (χ2v) is 7.54. The lowest BCUT2D eigenvalue weighted by atomic mass is 9.88. The van der Waals surface area contributed by atoms with Gasteiger partial charge >= 0.3 is 5.97 Å². The lowest BCUT2D eigenvalue weighted by Crippen LogP contribution is -2.32. The van der Waals surface area contributed by atoms with Crippen molar-refractivity contribution < 1.29 is 9.90 Å². The van der Waals surface area contributed by atoms with Crippen LogP contribution in [0, 0.1) is 20.8 Å². The van der Waals surface area contributed by atoms with Gasteiger partial charge in [0.2, 0.25) is 0 Å². The molecule has 4 rings (SSSR count). The molecule has 2 aromatic carbocycles. The van der Waals surface area contributed by atoms with Crippen molar-refractivity contribution in [3.8, 4) is 11.1 Å². The van der Waals surface area contributed by atoms with E-state index < -0.39 is 5.97 Å². The molecule has 1 N–H and O–H groups in total. The largest absolute Gasteiger partial charge is 0.481 e. The highest BCUT2D eigenvalue weighted by Crippen LogP contribution is 2.44. The van der Waals surface area contributed by atoms with Gasteiger partial charge in [-0.2, -0.15) is 0 Å². The molecule has 3 aromatic rings. The number of benzene rings is 2. The van der Waals surface area contributed by atoms with Gasteiger partial charge in [-0.3, -0.25) is 4.79 Å². The van der Waals surface area contributed by atoms with Crippen molar-refractivity contribution in [2.75, 3.05) is 18.0 Å². The first-order valence-corrected chi connectivity index (χ1v) is 9.61. The van der Waals surface area contributed by atoms with E-state index in [1.165, 1.54) is 27.8 Å². The van der Waals surface area contributed by atoms with Crippen LogP contribution >= 0.6 is 0 Å². The number of carboxylic acid groups (broad SMARTS) is 1. The highest BCUT2D eigenvalue weighted by Gasteiger charge is 2.28. The van der Waals surface area contributed by atoms with E-state index in [1.807, 2.05) is 0 Å². The minimum atomic E-state index is -0.784. The highest BCUT2D eigenvalue weighted by atomic mass is 16.4. The first kappa shape index (κ1) is 17.7. The summed E-state index contributed by atoms with van der Waals surface area (Å²) in [5.41, 5.74) is 9.11. The molecule has 1 aliphatic heterocycles. The predicted molar refractivity (Wildman–Crippen MR) is 111 cm³/mol. The number of aryl methyl sites for hydroxylation is 2. The van der Waals surface area contributed by atoms with Crippen molar-refractivity contribution in [1.82, 2.24) is 4.57 Å². The zero-order valence-electron chi connectivity index (χ0n) is 16.5. The Kier molecular flexibility index (Phi) is 4.22. The molecule has 0 saturated heterocycles. The molecule has 4 heteroatoms. The molecular formula is C23H26N2O2. The third-order valence-electron chi connectivity index (χ3n) is 5.87. The van der Waals surface area contributed by atoms with Crippen LogP contribution in [0.5, 0.6) is 0 Å². The molecule has 0 saturated carbocycles. The number of hydrogen-bond acceptors (Lipinski definition) is 2. The molecule has 0 unspecified atom stereocenters. The number of aromatic nitrogens is 1. The van der Waals surface area contributed by atoms with Gasteiger partial charge in [0, 0.05) is 30.7 Å². The van der Waals surface area contributed by atoms with Crippen LogP contribution in [0.3, 0.4) is 0 Å². The molecule has 0 amide bonds. The average Bonchev–Trinajstić information content (AvgIpc) is 2.97. The predicted octanol–water partition coefficient (Wildman–Crippen LogP) is 4.70. The lowest BCUT2D eigenvalue weighted by Gasteiger charge is -2.33. The summed E-state index contributed by atoms with van der Waals surface area (Å²) in [6.07, 6.45) is 0.0414. The first-order chi connectivity index (χ1) is 12.9. The Hall–Kier alpha value is -2.75. The van der Waals surface area contributed by atoms with Gasteiger partial charge in [0.15, 0.2) is 0 Å². The molecule has 0 fully saturated rings. The monoisotopic (exact) mass is 362 g/mol. The molecule has 0 aliphatic carbocycles. The fourth-order valence-corrected chi connectivity index (χ4v) is 4.54. The zero-order chi connectivity index (χ0) is 19.3. The lowest BCUT2D eigenvalue weighted by molar-refractivity contribution is -0.136. The minimum Gasteiger partial charge on any atom is -0.481 e. The third-order valence-corrected chi connectivity index (χ3v) is 5.87. The van der Waals surface area contributed by atoms with E-state index in [0.29, 0.717) is 0 Å². The van der Waals surface area contributed by atoms with E-state index in [4.69, 9.17) is 0 Å². The summed E-state index contributed by atoms with van der Waals surface area (Å²) in [4.78, 5) is 14.1. The summed E-state index contributed by atoms with van der Waals surface area (Å²) in [6, 6.07) is 10.7. The highest BCUT2D eigenvalue weighted by molar-refractivity contribution is 6.07. The maximum absolute atomic E-state index is 11.7. The van der Waals surface area contributed by atoms with E-state index in [1.54, 1.807) is 0 Å². The van der Waals surface area contributed by atoms with E-state index in [2.05, 4.69) is 67.5 Å². The number of hydrogen-bond donors (Lipinski definition) is 1. The summed E-state index contributed by atoms with van der Waals surface area (Å²) in [5.74, 6) is -0.784. The maximum atomic E-state index is 11.7. The fraction of sp³-hybridized carbons (Fsp3) is 0.348. The molecule has 1 aromatic heterocycles. The second kappa shape index (κ2) is 6.45. The number of aliphatic carboxylic acids is 1. The molecule has 2 heterocycles. The number of carbonyl (C=O) groups is 1. The Morgan fingerprint density at radius 2 is 1.81 bits per heavy atom. The second-order valence-electron chi connectivity index (χ2n) is 7.54. The van der Waals surface area contributed by atoms with Gasteiger partial charge in [-0.25, -0.2) is 0 Å². The van der Waals surface area contributed by atoms with Crippen LogP contribution in [-0.4, -0.2) is 28.7 Å². The van der Waals surface area contributed by atoms with Gasteiger partial charge in [-0.05, 0) is 56.0 Å². The summed E-state index contributed by atoms with van der Waals surface area (Å²) < 4.78 is 2.39. The smallest absolute Gasteiger partial charge is 0.307 e. The molecule has 0 atom stereocenters. The Labute approximate surface area is 160 Å². The average molecular weight is 362 g/mol. The summed E-state index contributed by atoms with van der Waals surface area (Å²) >= 11 is 0. The number of rotatable bonds is 4. The normalized spacial score (nSPS) is 13.4. The van der Waals surface area contributed by atoms with Crippen molar-refractivity contribution in [3.05, 3.63) is 52.7 Å². The van der Waals surface area contributed by atoms with Crippen molar-refractivity contribution in [3.63, 3.8) is 0 Å². The number of nitrogens with zero attached hydrogens (tertiary/aromatic N) is 2. The van der Waals surface area contributed by atoms with Crippen LogP contribution in [0.25, 0.3) is 22.0 Å². The van der Waals surface area contributed by atoms with Crippen LogP contribution < -0.4 is 4.90 Å². The van der Waals surface area contributed by atoms with Crippen molar-refractivity contribution >= 4 is 22.6 Å². The van der Waals surface area contributed by atoms with Crippen molar-refractivity contribution in [2.24, 2.45) is 0 Å². The topological polar surface area (TPSA) is 45.5 Å². The molecule has 140 valence electrons. The van der Waals surface area contributed by atoms with Crippen LogP contribution in [0.2, 0.25) is 0 Å². The SMILES string of the molecule is CCN1CCn2c(C)cc3c(-c4ccc(C)cc4)c(CC(=O)O)c(C)c1c32. The van der Waals surface area contributed by atoms with Crippen LogP contribution in [0.4, 0.5) is 5.69 Å². The van der Waals surface area contributed by atoms with Crippen LogP contribution in [0.15, 0.2) is 30.3 Å². The third kappa shape index (κ3) is 2.71. The summed E-state index contributed by atoms with van der Waals surface area (Å²) in [7, 11) is 0. The minimum absolute atomic E-state index is 0.0414.